The summed E-state index contributed by atoms with van der Waals surface area (Å²) >= 11 is 0. The molecule has 1 aromatic carbocycles. The van der Waals surface area contributed by atoms with E-state index in [4.69, 9.17) is 0 Å². The first-order valence-corrected chi connectivity index (χ1v) is 7.66. The summed E-state index contributed by atoms with van der Waals surface area (Å²) in [5.74, 6) is -0.283. The first kappa shape index (κ1) is 15.5. The van der Waals surface area contributed by atoms with Gasteiger partial charge in [-0.2, -0.15) is 0 Å². The monoisotopic (exact) mass is 288 g/mol. The molecule has 2 unspecified atom stereocenters. The van der Waals surface area contributed by atoms with E-state index in [0.29, 0.717) is 12.8 Å². The highest BCUT2D eigenvalue weighted by Crippen LogP contribution is 2.46. The fourth-order valence-electron chi connectivity index (χ4n) is 2.31. The van der Waals surface area contributed by atoms with Gasteiger partial charge in [0.1, 0.15) is 5.41 Å². The summed E-state index contributed by atoms with van der Waals surface area (Å²) in [6.07, 6.45) is 2.15. The summed E-state index contributed by atoms with van der Waals surface area (Å²) < 4.78 is 0. The van der Waals surface area contributed by atoms with E-state index in [1.54, 1.807) is 0 Å². The second-order valence-electron chi connectivity index (χ2n) is 5.97. The molecule has 1 saturated carbocycles. The molecular formula is C17H24N2O2. The van der Waals surface area contributed by atoms with Gasteiger partial charge in [0, 0.05) is 6.04 Å². The van der Waals surface area contributed by atoms with Crippen LogP contribution < -0.4 is 10.6 Å². The Kier molecular flexibility index (Phi) is 4.66. The van der Waals surface area contributed by atoms with Gasteiger partial charge >= 0.3 is 0 Å². The minimum Gasteiger partial charge on any atom is -0.353 e. The third-order valence-corrected chi connectivity index (χ3v) is 4.26. The van der Waals surface area contributed by atoms with Crippen molar-refractivity contribution in [3.63, 3.8) is 0 Å². The Hall–Kier alpha value is -1.84. The van der Waals surface area contributed by atoms with Crippen molar-refractivity contribution in [1.29, 1.82) is 0 Å². The zero-order valence-corrected chi connectivity index (χ0v) is 13.0. The fraction of sp³-hybridized carbons (Fsp3) is 0.529. The fourth-order valence-corrected chi connectivity index (χ4v) is 2.31. The van der Waals surface area contributed by atoms with Gasteiger partial charge in [-0.1, -0.05) is 37.3 Å². The number of carbonyl (C=O) groups excluding carboxylic acids is 2. The first-order chi connectivity index (χ1) is 9.99. The van der Waals surface area contributed by atoms with Crippen molar-refractivity contribution in [3.05, 3.63) is 35.9 Å². The van der Waals surface area contributed by atoms with E-state index in [2.05, 4.69) is 10.6 Å². The highest BCUT2D eigenvalue weighted by atomic mass is 16.2. The summed E-state index contributed by atoms with van der Waals surface area (Å²) in [5, 5.41) is 5.90. The van der Waals surface area contributed by atoms with Crippen molar-refractivity contribution in [2.24, 2.45) is 5.41 Å². The summed E-state index contributed by atoms with van der Waals surface area (Å²) in [6.45, 7) is 5.91. The van der Waals surface area contributed by atoms with Crippen LogP contribution in [0, 0.1) is 5.41 Å². The molecular weight excluding hydrogens is 264 g/mol. The van der Waals surface area contributed by atoms with Crippen molar-refractivity contribution in [1.82, 2.24) is 10.6 Å². The second kappa shape index (κ2) is 6.29. The van der Waals surface area contributed by atoms with E-state index in [0.717, 1.165) is 12.0 Å². The summed E-state index contributed by atoms with van der Waals surface area (Å²) in [7, 11) is 0. The Balaban J connectivity index is 1.98. The number of hydrogen-bond donors (Lipinski definition) is 2. The molecule has 0 heterocycles. The molecule has 0 aliphatic heterocycles. The molecule has 0 spiro atoms. The van der Waals surface area contributed by atoms with E-state index < -0.39 is 5.41 Å². The zero-order valence-electron chi connectivity index (χ0n) is 13.0. The van der Waals surface area contributed by atoms with Crippen LogP contribution >= 0.6 is 0 Å². The molecule has 1 aliphatic rings. The highest BCUT2D eigenvalue weighted by Gasteiger charge is 2.56. The third kappa shape index (κ3) is 3.43. The van der Waals surface area contributed by atoms with Crippen LogP contribution in [0.15, 0.2) is 30.3 Å². The topological polar surface area (TPSA) is 58.2 Å². The summed E-state index contributed by atoms with van der Waals surface area (Å²) in [4.78, 5) is 24.7. The van der Waals surface area contributed by atoms with Gasteiger partial charge in [0.05, 0.1) is 6.04 Å². The smallest absolute Gasteiger partial charge is 0.236 e. The van der Waals surface area contributed by atoms with E-state index in [9.17, 15) is 9.59 Å². The lowest BCUT2D eigenvalue weighted by atomic mass is 10.0. The standard InChI is InChI=1S/C17H24N2O2/c1-4-12(2)18-15(20)17(10-11-17)16(21)19-13(3)14-8-6-5-7-9-14/h5-9,12-13H,4,10-11H2,1-3H3,(H,18,20)(H,19,21). The largest absolute Gasteiger partial charge is 0.353 e. The molecule has 2 atom stereocenters. The Bertz CT molecular complexity index is 509. The Labute approximate surface area is 126 Å². The van der Waals surface area contributed by atoms with Crippen molar-refractivity contribution < 1.29 is 9.59 Å². The molecule has 4 heteroatoms. The van der Waals surface area contributed by atoms with Crippen LogP contribution in [-0.2, 0) is 9.59 Å². The van der Waals surface area contributed by atoms with Gasteiger partial charge in [-0.05, 0) is 38.7 Å². The van der Waals surface area contributed by atoms with Crippen LogP contribution in [0.25, 0.3) is 0 Å². The molecule has 2 amide bonds. The van der Waals surface area contributed by atoms with Gasteiger partial charge in [-0.25, -0.2) is 0 Å². The summed E-state index contributed by atoms with van der Waals surface area (Å²) in [5.41, 5.74) is 0.205. The van der Waals surface area contributed by atoms with Crippen LogP contribution in [-0.4, -0.2) is 17.9 Å². The van der Waals surface area contributed by atoms with Crippen LogP contribution in [0.5, 0.6) is 0 Å². The van der Waals surface area contributed by atoms with Crippen molar-refractivity contribution >= 4 is 11.8 Å². The van der Waals surface area contributed by atoms with Gasteiger partial charge < -0.3 is 10.6 Å². The number of nitrogens with one attached hydrogen (secondary N) is 2. The van der Waals surface area contributed by atoms with Gasteiger partial charge in [-0.15, -0.1) is 0 Å². The number of rotatable bonds is 6. The molecule has 1 fully saturated rings. The predicted molar refractivity (Wildman–Crippen MR) is 82.6 cm³/mol. The SMILES string of the molecule is CCC(C)NC(=O)C1(C(=O)NC(C)c2ccccc2)CC1. The number of carbonyl (C=O) groups is 2. The van der Waals surface area contributed by atoms with Gasteiger partial charge in [0.25, 0.3) is 0 Å². The Morgan fingerprint density at radius 1 is 1.10 bits per heavy atom. The van der Waals surface area contributed by atoms with Crippen LogP contribution in [0.1, 0.15) is 51.6 Å². The zero-order chi connectivity index (χ0) is 15.5. The minimum absolute atomic E-state index is 0.0902. The molecule has 0 bridgehead atoms. The van der Waals surface area contributed by atoms with Crippen molar-refractivity contribution in [2.75, 3.05) is 0 Å². The lowest BCUT2D eigenvalue weighted by molar-refractivity contribution is -0.137. The molecule has 1 aliphatic carbocycles. The molecule has 21 heavy (non-hydrogen) atoms. The molecule has 114 valence electrons. The number of hydrogen-bond acceptors (Lipinski definition) is 2. The molecule has 2 rings (SSSR count). The number of amides is 2. The number of benzene rings is 1. The van der Waals surface area contributed by atoms with E-state index in [1.807, 2.05) is 51.1 Å². The lowest BCUT2D eigenvalue weighted by Gasteiger charge is -2.21. The van der Waals surface area contributed by atoms with Crippen molar-refractivity contribution in [3.8, 4) is 0 Å². The average molecular weight is 288 g/mol. The Morgan fingerprint density at radius 2 is 1.67 bits per heavy atom. The van der Waals surface area contributed by atoms with Crippen LogP contribution in [0.2, 0.25) is 0 Å². The maximum Gasteiger partial charge on any atom is 0.236 e. The molecule has 2 N–H and O–H groups in total. The van der Waals surface area contributed by atoms with Crippen LogP contribution in [0.3, 0.4) is 0 Å². The van der Waals surface area contributed by atoms with Crippen molar-refractivity contribution in [2.45, 2.75) is 52.1 Å². The van der Waals surface area contributed by atoms with Gasteiger partial charge in [0.2, 0.25) is 11.8 Å². The highest BCUT2D eigenvalue weighted by molar-refractivity contribution is 6.08. The van der Waals surface area contributed by atoms with E-state index in [1.165, 1.54) is 0 Å². The quantitative estimate of drug-likeness (QED) is 0.790. The molecule has 0 radical (unpaired) electrons. The molecule has 4 nitrogen and oxygen atoms in total. The molecule has 0 aromatic heterocycles. The summed E-state index contributed by atoms with van der Waals surface area (Å²) in [6, 6.07) is 9.80. The lowest BCUT2D eigenvalue weighted by Crippen LogP contribution is -2.46. The average Bonchev–Trinajstić information content (AvgIpc) is 3.29. The van der Waals surface area contributed by atoms with Gasteiger partial charge in [-0.3, -0.25) is 9.59 Å². The van der Waals surface area contributed by atoms with E-state index >= 15 is 0 Å². The molecule has 1 aromatic rings. The van der Waals surface area contributed by atoms with Crippen LogP contribution in [0.4, 0.5) is 0 Å². The van der Waals surface area contributed by atoms with E-state index in [-0.39, 0.29) is 23.9 Å². The van der Waals surface area contributed by atoms with Gasteiger partial charge in [0.15, 0.2) is 0 Å². The third-order valence-electron chi connectivity index (χ3n) is 4.26. The first-order valence-electron chi connectivity index (χ1n) is 7.66. The second-order valence-corrected chi connectivity index (χ2v) is 5.97. The Morgan fingerprint density at radius 3 is 2.19 bits per heavy atom. The molecule has 0 saturated heterocycles. The normalized spacial score (nSPS) is 18.4. The maximum absolute atomic E-state index is 12.5. The minimum atomic E-state index is -0.841. The predicted octanol–water partition coefficient (Wildman–Crippen LogP) is 2.56. The maximum atomic E-state index is 12.5.